The molecule has 2 aromatic carbocycles. The smallest absolute Gasteiger partial charge is 0.253 e. The molecule has 1 saturated carbocycles. The van der Waals surface area contributed by atoms with E-state index in [0.29, 0.717) is 16.1 Å². The molecule has 1 aromatic heterocycles. The zero-order valence-electron chi connectivity index (χ0n) is 20.6. The summed E-state index contributed by atoms with van der Waals surface area (Å²) < 4.78 is 0.851. The van der Waals surface area contributed by atoms with Crippen LogP contribution >= 0.6 is 11.3 Å². The summed E-state index contributed by atoms with van der Waals surface area (Å²) in [5.74, 6) is -1.83. The van der Waals surface area contributed by atoms with Crippen molar-refractivity contribution in [1.82, 2.24) is 25.4 Å². The number of nitriles is 1. The van der Waals surface area contributed by atoms with Gasteiger partial charge in [0.2, 0.25) is 11.8 Å². The summed E-state index contributed by atoms with van der Waals surface area (Å²) in [4.78, 5) is 45.9. The van der Waals surface area contributed by atoms with Crippen LogP contribution < -0.4 is 10.6 Å². The van der Waals surface area contributed by atoms with Gasteiger partial charge in [0.1, 0.15) is 5.01 Å². The highest BCUT2D eigenvalue weighted by Crippen LogP contribution is 2.31. The van der Waals surface area contributed by atoms with E-state index in [9.17, 15) is 19.6 Å². The minimum atomic E-state index is -1.09. The molecule has 1 aliphatic heterocycles. The Morgan fingerprint density at radius 1 is 1.08 bits per heavy atom. The fourth-order valence-electron chi connectivity index (χ4n) is 4.24. The van der Waals surface area contributed by atoms with E-state index in [4.69, 9.17) is 0 Å². The number of carbonyl (C=O) groups is 3. The topological polar surface area (TPSA) is 118 Å². The maximum absolute atomic E-state index is 12.8. The SMILES string of the molecule is CN1CCN(C(=O)c2ccc(-c3ccc4nc(C(C#N)C(=O)NCC(=O)NC5CC5)sc4c3)cc2)CC1. The summed E-state index contributed by atoms with van der Waals surface area (Å²) in [6.45, 7) is 3.07. The Kier molecular flexibility index (Phi) is 7.17. The van der Waals surface area contributed by atoms with Gasteiger partial charge >= 0.3 is 0 Å². The van der Waals surface area contributed by atoms with Gasteiger partial charge in [-0.15, -0.1) is 11.3 Å². The lowest BCUT2D eigenvalue weighted by molar-refractivity contribution is -0.126. The van der Waals surface area contributed by atoms with Crippen LogP contribution in [-0.4, -0.2) is 78.3 Å². The number of thiazole rings is 1. The van der Waals surface area contributed by atoms with Gasteiger partial charge in [-0.3, -0.25) is 14.4 Å². The lowest BCUT2D eigenvalue weighted by Gasteiger charge is -2.32. The van der Waals surface area contributed by atoms with Crippen molar-refractivity contribution in [2.24, 2.45) is 0 Å². The standard InChI is InChI=1S/C27H28N6O3S/c1-32-10-12-33(13-11-32)27(36)18-4-2-17(3-5-18)19-6-9-22-23(14-19)37-26(31-22)21(15-28)25(35)29-16-24(34)30-20-7-8-20/h2-6,9,14,20-21H,7-8,10-13,16H2,1H3,(H,29,35)(H,30,34). The number of nitrogens with one attached hydrogen (secondary N) is 2. The van der Waals surface area contributed by atoms with Crippen LogP contribution in [0.3, 0.4) is 0 Å². The van der Waals surface area contributed by atoms with Crippen LogP contribution in [0.1, 0.15) is 34.1 Å². The lowest BCUT2D eigenvalue weighted by atomic mass is 10.0. The first-order valence-corrected chi connectivity index (χ1v) is 13.2. The van der Waals surface area contributed by atoms with Gasteiger partial charge in [-0.2, -0.15) is 5.26 Å². The molecule has 1 atom stereocenters. The Morgan fingerprint density at radius 3 is 2.46 bits per heavy atom. The van der Waals surface area contributed by atoms with Crippen molar-refractivity contribution >= 4 is 39.3 Å². The molecule has 10 heteroatoms. The minimum absolute atomic E-state index is 0.0491. The number of rotatable bonds is 7. The second kappa shape index (κ2) is 10.7. The van der Waals surface area contributed by atoms with Crippen molar-refractivity contribution in [3.63, 3.8) is 0 Å². The molecule has 0 bridgehead atoms. The van der Waals surface area contributed by atoms with Crippen molar-refractivity contribution in [1.29, 1.82) is 5.26 Å². The largest absolute Gasteiger partial charge is 0.352 e. The third kappa shape index (κ3) is 5.79. The number of nitrogens with zero attached hydrogens (tertiary/aromatic N) is 4. The molecule has 1 unspecified atom stereocenters. The Labute approximate surface area is 219 Å². The van der Waals surface area contributed by atoms with Crippen molar-refractivity contribution in [2.75, 3.05) is 39.8 Å². The summed E-state index contributed by atoms with van der Waals surface area (Å²) in [5, 5.41) is 15.4. The van der Waals surface area contributed by atoms with Crippen molar-refractivity contribution in [3.05, 3.63) is 53.0 Å². The van der Waals surface area contributed by atoms with Crippen LogP contribution in [0.25, 0.3) is 21.3 Å². The highest BCUT2D eigenvalue weighted by Gasteiger charge is 2.27. The second-order valence-corrected chi connectivity index (χ2v) is 10.6. The molecule has 37 heavy (non-hydrogen) atoms. The number of hydrogen-bond acceptors (Lipinski definition) is 7. The summed E-state index contributed by atoms with van der Waals surface area (Å²) >= 11 is 1.29. The monoisotopic (exact) mass is 516 g/mol. The predicted octanol–water partition coefficient (Wildman–Crippen LogP) is 2.35. The van der Waals surface area contributed by atoms with Gasteiger partial charge < -0.3 is 20.4 Å². The molecule has 2 heterocycles. The summed E-state index contributed by atoms with van der Waals surface area (Å²) in [6, 6.07) is 15.6. The Balaban J connectivity index is 1.27. The van der Waals surface area contributed by atoms with Gasteiger partial charge in [0.05, 0.1) is 22.8 Å². The van der Waals surface area contributed by atoms with Crippen LogP contribution in [0.2, 0.25) is 0 Å². The summed E-state index contributed by atoms with van der Waals surface area (Å²) in [7, 11) is 2.06. The molecule has 3 aromatic rings. The molecule has 3 amide bonds. The third-order valence-electron chi connectivity index (χ3n) is 6.66. The van der Waals surface area contributed by atoms with Gasteiger partial charge in [-0.05, 0) is 55.3 Å². The van der Waals surface area contributed by atoms with Crippen LogP contribution in [0.4, 0.5) is 0 Å². The van der Waals surface area contributed by atoms with Gasteiger partial charge in [0, 0.05) is 37.8 Å². The highest BCUT2D eigenvalue weighted by atomic mass is 32.1. The number of aromatic nitrogens is 1. The molecule has 5 rings (SSSR count). The fraction of sp³-hybridized carbons (Fsp3) is 0.370. The summed E-state index contributed by atoms with van der Waals surface area (Å²) in [5.41, 5.74) is 3.28. The average Bonchev–Trinajstić information content (AvgIpc) is 3.63. The highest BCUT2D eigenvalue weighted by molar-refractivity contribution is 7.18. The third-order valence-corrected chi connectivity index (χ3v) is 7.75. The van der Waals surface area contributed by atoms with E-state index in [2.05, 4.69) is 27.6 Å². The molecular weight excluding hydrogens is 488 g/mol. The van der Waals surface area contributed by atoms with E-state index < -0.39 is 11.8 Å². The number of piperazine rings is 1. The first kappa shape index (κ1) is 24.9. The fourth-order valence-corrected chi connectivity index (χ4v) is 5.30. The van der Waals surface area contributed by atoms with E-state index in [-0.39, 0.29) is 24.4 Å². The van der Waals surface area contributed by atoms with E-state index in [1.165, 1.54) is 11.3 Å². The van der Waals surface area contributed by atoms with Gasteiger partial charge in [0.25, 0.3) is 5.91 Å². The summed E-state index contributed by atoms with van der Waals surface area (Å²) in [6.07, 6.45) is 1.93. The molecule has 9 nitrogen and oxygen atoms in total. The number of fused-ring (bicyclic) bond motifs is 1. The molecule has 0 radical (unpaired) electrons. The van der Waals surface area contributed by atoms with E-state index >= 15 is 0 Å². The van der Waals surface area contributed by atoms with Crippen molar-refractivity contribution in [3.8, 4) is 17.2 Å². The maximum atomic E-state index is 12.8. The van der Waals surface area contributed by atoms with Crippen LogP contribution in [0.15, 0.2) is 42.5 Å². The van der Waals surface area contributed by atoms with Crippen molar-refractivity contribution in [2.45, 2.75) is 24.8 Å². The first-order valence-electron chi connectivity index (χ1n) is 12.4. The number of hydrogen-bond donors (Lipinski definition) is 2. The van der Waals surface area contributed by atoms with E-state index in [1.807, 2.05) is 53.4 Å². The minimum Gasteiger partial charge on any atom is -0.352 e. The maximum Gasteiger partial charge on any atom is 0.253 e. The van der Waals surface area contributed by atoms with Gasteiger partial charge in [-0.1, -0.05) is 18.2 Å². The number of carbonyl (C=O) groups excluding carboxylic acids is 3. The molecule has 2 aliphatic rings. The predicted molar refractivity (Wildman–Crippen MR) is 141 cm³/mol. The molecule has 2 N–H and O–H groups in total. The van der Waals surface area contributed by atoms with Gasteiger partial charge in [0.15, 0.2) is 5.92 Å². The Hall–Kier alpha value is -3.81. The molecule has 1 aliphatic carbocycles. The Morgan fingerprint density at radius 2 is 1.78 bits per heavy atom. The van der Waals surface area contributed by atoms with Crippen molar-refractivity contribution < 1.29 is 14.4 Å². The van der Waals surface area contributed by atoms with E-state index in [1.54, 1.807) is 0 Å². The lowest BCUT2D eigenvalue weighted by Crippen LogP contribution is -2.47. The van der Waals surface area contributed by atoms with E-state index in [0.717, 1.165) is 54.8 Å². The zero-order valence-corrected chi connectivity index (χ0v) is 21.4. The molecule has 0 spiro atoms. The number of benzene rings is 2. The second-order valence-electron chi connectivity index (χ2n) is 9.53. The molecule has 190 valence electrons. The Bertz CT molecular complexity index is 1370. The van der Waals surface area contributed by atoms with Gasteiger partial charge in [-0.25, -0.2) is 4.98 Å². The number of likely N-dealkylation sites (N-methyl/N-ethyl adjacent to an activating group) is 1. The quantitative estimate of drug-likeness (QED) is 0.498. The number of amides is 3. The zero-order chi connectivity index (χ0) is 25.9. The van der Waals surface area contributed by atoms with Crippen LogP contribution in [-0.2, 0) is 9.59 Å². The molecule has 1 saturated heterocycles. The van der Waals surface area contributed by atoms with Crippen LogP contribution in [0, 0.1) is 11.3 Å². The first-order chi connectivity index (χ1) is 17.9. The molecular formula is C27H28N6O3S. The van der Waals surface area contributed by atoms with Crippen LogP contribution in [0.5, 0.6) is 0 Å². The normalized spacial score (nSPS) is 16.7. The molecule has 2 fully saturated rings. The average molecular weight is 517 g/mol.